The van der Waals surface area contributed by atoms with E-state index in [4.69, 9.17) is 16.3 Å². The zero-order valence-electron chi connectivity index (χ0n) is 25.3. The maximum Gasteiger partial charge on any atom is 1.00 e. The monoisotopic (exact) mass is 671 g/mol. The minimum absolute atomic E-state index is 0. The van der Waals surface area contributed by atoms with Gasteiger partial charge in [0.05, 0.1) is 6.04 Å². The Kier molecular flexibility index (Phi) is 14.6. The summed E-state index contributed by atoms with van der Waals surface area (Å²) in [7, 11) is -5.22. The van der Waals surface area contributed by atoms with Gasteiger partial charge in [-0.25, -0.2) is 13.2 Å². The molecule has 1 heterocycles. The summed E-state index contributed by atoms with van der Waals surface area (Å²) >= 11 is 6.17. The molecule has 2 aromatic rings. The molecular weight excluding hydrogens is 633 g/mol. The Labute approximate surface area is 291 Å². The molecule has 0 spiro atoms. The Morgan fingerprint density at radius 1 is 1.02 bits per heavy atom. The van der Waals surface area contributed by atoms with Crippen molar-refractivity contribution in [3.05, 3.63) is 70.7 Å². The number of hydrogen-bond acceptors (Lipinski definition) is 8. The fraction of sp³-hybridized carbons (Fsp3) is 0.516. The van der Waals surface area contributed by atoms with E-state index in [0.717, 1.165) is 43.2 Å². The van der Waals surface area contributed by atoms with E-state index in [9.17, 15) is 32.5 Å². The average Bonchev–Trinajstić information content (AvgIpc) is 3.40. The predicted octanol–water partition coefficient (Wildman–Crippen LogP) is 0.568. The number of rotatable bonds is 13. The van der Waals surface area contributed by atoms with Crippen LogP contribution in [0, 0.1) is 11.8 Å². The molecular formula is C31H39ClN3NaO8S. The number of nitrogens with one attached hydrogen (secondary N) is 3. The van der Waals surface area contributed by atoms with Crippen LogP contribution >= 0.6 is 11.6 Å². The molecule has 2 aliphatic rings. The van der Waals surface area contributed by atoms with Crippen LogP contribution in [0.15, 0.2) is 54.6 Å². The number of hydrogen-bond donors (Lipinski definition) is 4. The standard InChI is InChI=1S/C31H40ClN3O8S.Na/c32-24-13-7-10-21(16-24)18-27(22-11-5-2-6-12-22)43-31(39)35-25(17-20-8-3-1-4-9-20)29(37)34-26(30(38)44(40,41)42)19-23-14-15-33-28(23)36;/h2,5-7,10-13,16,20,23,25-27,30,38H,1,3-4,8-9,14-15,17-19H2,(H,33,36)(H,34,37)(H,35,39)(H,40,41,42);/q;+1/p-1/t23-,25-,26-,27?,30?;/m0./s1. The number of benzene rings is 2. The molecule has 45 heavy (non-hydrogen) atoms. The maximum atomic E-state index is 13.6. The van der Waals surface area contributed by atoms with Crippen molar-refractivity contribution in [1.82, 2.24) is 16.0 Å². The Morgan fingerprint density at radius 2 is 1.73 bits per heavy atom. The van der Waals surface area contributed by atoms with Crippen molar-refractivity contribution < 1.29 is 66.8 Å². The number of halogens is 1. The second-order valence-electron chi connectivity index (χ2n) is 11.6. The van der Waals surface area contributed by atoms with Crippen molar-refractivity contribution in [2.24, 2.45) is 11.8 Å². The third-order valence-electron chi connectivity index (χ3n) is 8.30. The normalized spacial score (nSPS) is 19.7. The van der Waals surface area contributed by atoms with E-state index in [1.165, 1.54) is 0 Å². The van der Waals surface area contributed by atoms with Crippen LogP contribution in [0.25, 0.3) is 0 Å². The summed E-state index contributed by atoms with van der Waals surface area (Å²) < 4.78 is 41.1. The number of aliphatic hydroxyl groups is 1. The first-order valence-corrected chi connectivity index (χ1v) is 16.8. The molecule has 0 radical (unpaired) electrons. The summed E-state index contributed by atoms with van der Waals surface area (Å²) in [6.07, 6.45) is 3.84. The topological polar surface area (TPSA) is 174 Å². The molecule has 2 unspecified atom stereocenters. The molecule has 0 aromatic heterocycles. The van der Waals surface area contributed by atoms with Gasteiger partial charge in [0.2, 0.25) is 11.8 Å². The molecule has 2 aromatic carbocycles. The van der Waals surface area contributed by atoms with Crippen LogP contribution in [0.5, 0.6) is 0 Å². The van der Waals surface area contributed by atoms with E-state index in [1.54, 1.807) is 18.2 Å². The molecule has 2 fully saturated rings. The van der Waals surface area contributed by atoms with E-state index >= 15 is 0 Å². The predicted molar refractivity (Wildman–Crippen MR) is 162 cm³/mol. The molecule has 4 rings (SSSR count). The summed E-state index contributed by atoms with van der Waals surface area (Å²) in [4.78, 5) is 39.1. The summed E-state index contributed by atoms with van der Waals surface area (Å²) in [6.45, 7) is 0.361. The third kappa shape index (κ3) is 11.5. The van der Waals surface area contributed by atoms with Crippen LogP contribution in [0.2, 0.25) is 5.02 Å². The number of amides is 3. The van der Waals surface area contributed by atoms with Crippen molar-refractivity contribution >= 4 is 39.6 Å². The van der Waals surface area contributed by atoms with E-state index in [-0.39, 0.29) is 54.2 Å². The second kappa shape index (κ2) is 17.7. The van der Waals surface area contributed by atoms with E-state index in [0.29, 0.717) is 24.4 Å². The number of carbonyl (C=O) groups is 3. The van der Waals surface area contributed by atoms with Crippen LogP contribution in [0.4, 0.5) is 4.79 Å². The number of ether oxygens (including phenoxy) is 1. The largest absolute Gasteiger partial charge is 1.00 e. The molecule has 1 saturated carbocycles. The number of alkyl carbamates (subject to hydrolysis) is 1. The molecule has 4 N–H and O–H groups in total. The summed E-state index contributed by atoms with van der Waals surface area (Å²) in [6, 6.07) is 13.6. The van der Waals surface area contributed by atoms with Crippen molar-refractivity contribution in [3.63, 3.8) is 0 Å². The summed E-state index contributed by atoms with van der Waals surface area (Å²) in [5.41, 5.74) is -0.904. The minimum atomic E-state index is -5.22. The van der Waals surface area contributed by atoms with Crippen LogP contribution < -0.4 is 45.5 Å². The van der Waals surface area contributed by atoms with Gasteiger partial charge in [-0.1, -0.05) is 86.2 Å². The fourth-order valence-electron chi connectivity index (χ4n) is 5.97. The number of carbonyl (C=O) groups excluding carboxylic acids is 3. The first-order valence-electron chi connectivity index (χ1n) is 15.0. The Hall–Kier alpha value is -2.19. The average molecular weight is 672 g/mol. The van der Waals surface area contributed by atoms with Crippen LogP contribution in [0.3, 0.4) is 0 Å². The molecule has 0 bridgehead atoms. The smallest absolute Gasteiger partial charge is 0.746 e. The van der Waals surface area contributed by atoms with E-state index in [1.807, 2.05) is 36.4 Å². The Bertz CT molecular complexity index is 1390. The van der Waals surface area contributed by atoms with Gasteiger partial charge in [-0.3, -0.25) is 9.59 Å². The molecule has 14 heteroatoms. The molecule has 1 aliphatic heterocycles. The van der Waals surface area contributed by atoms with Gasteiger partial charge in [-0.2, -0.15) is 0 Å². The Balaban J connectivity index is 0.00000552. The van der Waals surface area contributed by atoms with E-state index in [2.05, 4.69) is 16.0 Å². The van der Waals surface area contributed by atoms with Gasteiger partial charge < -0.3 is 30.3 Å². The van der Waals surface area contributed by atoms with E-state index < -0.39 is 51.7 Å². The van der Waals surface area contributed by atoms with Gasteiger partial charge >= 0.3 is 35.7 Å². The van der Waals surface area contributed by atoms with Gasteiger partial charge in [0, 0.05) is 23.9 Å². The van der Waals surface area contributed by atoms with Crippen molar-refractivity contribution in [2.75, 3.05) is 6.54 Å². The maximum absolute atomic E-state index is 13.6. The van der Waals surface area contributed by atoms with Crippen molar-refractivity contribution in [1.29, 1.82) is 0 Å². The van der Waals surface area contributed by atoms with Crippen molar-refractivity contribution in [2.45, 2.75) is 81.4 Å². The molecule has 5 atom stereocenters. The first-order chi connectivity index (χ1) is 21.0. The first kappa shape index (κ1) is 37.3. The minimum Gasteiger partial charge on any atom is -0.746 e. The third-order valence-corrected chi connectivity index (χ3v) is 9.46. The van der Waals surface area contributed by atoms with Gasteiger partial charge in [0.1, 0.15) is 22.3 Å². The van der Waals surface area contributed by atoms with Gasteiger partial charge in [0.15, 0.2) is 5.44 Å². The molecule has 11 nitrogen and oxygen atoms in total. The number of aliphatic hydroxyl groups excluding tert-OH is 1. The van der Waals surface area contributed by atoms with Crippen LogP contribution in [-0.2, 0) is 30.9 Å². The van der Waals surface area contributed by atoms with Gasteiger partial charge in [0.25, 0.3) is 0 Å². The SMILES string of the molecule is O=C(N[C@@H](CC1CCCCC1)C(=O)N[C@@H](C[C@@H]1CCNC1=O)C(O)S(=O)(=O)[O-])OC(Cc1cccc(Cl)c1)c1ccccc1.[Na+]. The zero-order valence-corrected chi connectivity index (χ0v) is 28.9. The summed E-state index contributed by atoms with van der Waals surface area (Å²) in [5.74, 6) is -1.70. The molecule has 1 saturated heterocycles. The van der Waals surface area contributed by atoms with Gasteiger partial charge in [-0.05, 0) is 48.4 Å². The fourth-order valence-corrected chi connectivity index (χ4v) is 6.77. The summed E-state index contributed by atoms with van der Waals surface area (Å²) in [5, 5.41) is 18.6. The zero-order chi connectivity index (χ0) is 31.7. The Morgan fingerprint density at radius 3 is 2.36 bits per heavy atom. The second-order valence-corrected chi connectivity index (χ2v) is 13.5. The quantitative estimate of drug-likeness (QED) is 0.177. The molecule has 3 amide bonds. The van der Waals surface area contributed by atoms with Crippen LogP contribution in [0.1, 0.15) is 68.6 Å². The molecule has 1 aliphatic carbocycles. The molecule has 240 valence electrons. The van der Waals surface area contributed by atoms with Crippen LogP contribution in [-0.4, -0.2) is 60.0 Å². The van der Waals surface area contributed by atoms with Gasteiger partial charge in [-0.15, -0.1) is 0 Å². The van der Waals surface area contributed by atoms with Crippen molar-refractivity contribution in [3.8, 4) is 0 Å².